The number of benzene rings is 1. The molecule has 3 rings (SSSR count). The lowest BCUT2D eigenvalue weighted by Crippen LogP contribution is -2.34. The second-order valence-electron chi connectivity index (χ2n) is 5.84. The number of hydrogen-bond acceptors (Lipinski definition) is 4. The topological polar surface area (TPSA) is 62.5 Å². The monoisotopic (exact) mass is 342 g/mol. The highest BCUT2D eigenvalue weighted by Gasteiger charge is 2.25. The minimum absolute atomic E-state index is 0.199. The van der Waals surface area contributed by atoms with Crippen molar-refractivity contribution in [1.82, 2.24) is 4.57 Å². The fourth-order valence-electron chi connectivity index (χ4n) is 2.73. The molecule has 0 spiro atoms. The molecule has 0 aliphatic rings. The van der Waals surface area contributed by atoms with E-state index in [2.05, 4.69) is 0 Å². The largest absolute Gasteiger partial charge is 0.506 e. The van der Waals surface area contributed by atoms with Crippen LogP contribution in [0.2, 0.25) is 0 Å². The van der Waals surface area contributed by atoms with Gasteiger partial charge in [0.25, 0.3) is 11.5 Å². The predicted molar refractivity (Wildman–Crippen MR) is 97.4 cm³/mol. The first kappa shape index (κ1) is 16.3. The van der Waals surface area contributed by atoms with Gasteiger partial charge in [0.2, 0.25) is 0 Å². The van der Waals surface area contributed by atoms with Crippen LogP contribution >= 0.6 is 11.3 Å². The number of thiophene rings is 1. The van der Waals surface area contributed by atoms with E-state index in [4.69, 9.17) is 0 Å². The highest BCUT2D eigenvalue weighted by Crippen LogP contribution is 2.33. The second kappa shape index (κ2) is 5.79. The van der Waals surface area contributed by atoms with Gasteiger partial charge in [0, 0.05) is 30.0 Å². The van der Waals surface area contributed by atoms with Crippen molar-refractivity contribution < 1.29 is 9.90 Å². The third kappa shape index (κ3) is 2.39. The quantitative estimate of drug-likeness (QED) is 0.778. The summed E-state index contributed by atoms with van der Waals surface area (Å²) in [5, 5.41) is 12.9. The molecule has 1 aromatic carbocycles. The van der Waals surface area contributed by atoms with E-state index in [1.54, 1.807) is 14.1 Å². The van der Waals surface area contributed by atoms with Crippen LogP contribution in [0.5, 0.6) is 5.75 Å². The zero-order valence-corrected chi connectivity index (χ0v) is 14.8. The maximum absolute atomic E-state index is 12.9. The van der Waals surface area contributed by atoms with Crippen LogP contribution in [0.25, 0.3) is 10.9 Å². The highest BCUT2D eigenvalue weighted by atomic mass is 32.1. The Morgan fingerprint density at radius 1 is 1.21 bits per heavy atom. The molecule has 1 N–H and O–H groups in total. The number of carbonyl (C=O) groups excluding carboxylic acids is 1. The molecule has 0 aliphatic heterocycles. The van der Waals surface area contributed by atoms with Gasteiger partial charge in [-0.2, -0.15) is 0 Å². The Bertz CT molecular complexity index is 1000. The molecule has 3 aromatic rings. The zero-order chi connectivity index (χ0) is 17.6. The predicted octanol–water partition coefficient (Wildman–Crippen LogP) is 3.20. The van der Waals surface area contributed by atoms with Gasteiger partial charge in [-0.05, 0) is 26.0 Å². The van der Waals surface area contributed by atoms with Gasteiger partial charge in [-0.15, -0.1) is 11.3 Å². The van der Waals surface area contributed by atoms with Gasteiger partial charge in [-0.3, -0.25) is 9.59 Å². The first-order valence-corrected chi connectivity index (χ1v) is 8.35. The Morgan fingerprint density at radius 3 is 2.46 bits per heavy atom. The number of rotatable bonds is 2. The third-order valence-electron chi connectivity index (χ3n) is 4.25. The smallest absolute Gasteiger partial charge is 0.267 e. The lowest BCUT2D eigenvalue weighted by atomic mass is 10.1. The molecule has 0 saturated heterocycles. The second-order valence-corrected chi connectivity index (χ2v) is 6.92. The zero-order valence-electron chi connectivity index (χ0n) is 14.0. The molecule has 0 saturated carbocycles. The Morgan fingerprint density at radius 2 is 1.83 bits per heavy atom. The summed E-state index contributed by atoms with van der Waals surface area (Å²) >= 11 is 1.44. The van der Waals surface area contributed by atoms with Crippen molar-refractivity contribution in [1.29, 1.82) is 0 Å². The number of aromatic hydroxyl groups is 1. The van der Waals surface area contributed by atoms with E-state index in [9.17, 15) is 14.7 Å². The van der Waals surface area contributed by atoms with E-state index in [1.165, 1.54) is 20.8 Å². The van der Waals surface area contributed by atoms with Crippen LogP contribution in [0, 0.1) is 13.8 Å². The number of pyridine rings is 1. The number of carbonyl (C=O) groups is 1. The molecule has 5 nitrogen and oxygen atoms in total. The number of anilines is 1. The van der Waals surface area contributed by atoms with Crippen molar-refractivity contribution >= 4 is 33.8 Å². The summed E-state index contributed by atoms with van der Waals surface area (Å²) in [6.07, 6.45) is 0. The van der Waals surface area contributed by atoms with E-state index in [-0.39, 0.29) is 11.3 Å². The number of hydrogen-bond donors (Lipinski definition) is 1. The summed E-state index contributed by atoms with van der Waals surface area (Å²) in [6.45, 7) is 3.82. The third-order valence-corrected chi connectivity index (χ3v) is 5.15. The number of amides is 1. The van der Waals surface area contributed by atoms with Gasteiger partial charge >= 0.3 is 0 Å². The molecular weight excluding hydrogens is 324 g/mol. The molecule has 0 fully saturated rings. The molecule has 6 heteroatoms. The van der Waals surface area contributed by atoms with E-state index in [1.807, 2.05) is 43.5 Å². The highest BCUT2D eigenvalue weighted by molar-refractivity contribution is 7.11. The van der Waals surface area contributed by atoms with Crippen molar-refractivity contribution in [2.45, 2.75) is 13.8 Å². The molecule has 0 bridgehead atoms. The van der Waals surface area contributed by atoms with Crippen molar-refractivity contribution in [3.63, 3.8) is 0 Å². The molecule has 2 aromatic heterocycles. The Hall–Kier alpha value is -2.60. The molecular formula is C18H18N2O3S. The van der Waals surface area contributed by atoms with Crippen molar-refractivity contribution in [3.8, 4) is 5.75 Å². The first-order valence-electron chi connectivity index (χ1n) is 7.47. The maximum Gasteiger partial charge on any atom is 0.267 e. The van der Waals surface area contributed by atoms with Gasteiger partial charge in [-0.25, -0.2) is 0 Å². The van der Waals surface area contributed by atoms with Gasteiger partial charge in [0.15, 0.2) is 0 Å². The molecule has 0 unspecified atom stereocenters. The number of fused-ring (bicyclic) bond motifs is 1. The number of aromatic nitrogens is 1. The minimum atomic E-state index is -0.524. The summed E-state index contributed by atoms with van der Waals surface area (Å²) in [7, 11) is 3.20. The lowest BCUT2D eigenvalue weighted by Gasteiger charge is -2.19. The summed E-state index contributed by atoms with van der Waals surface area (Å²) < 4.78 is 1.41. The van der Waals surface area contributed by atoms with Gasteiger partial charge < -0.3 is 14.6 Å². The van der Waals surface area contributed by atoms with Crippen molar-refractivity contribution in [3.05, 3.63) is 56.0 Å². The Balaban J connectivity index is 2.18. The number of aryl methyl sites for hydroxylation is 3. The van der Waals surface area contributed by atoms with E-state index < -0.39 is 11.5 Å². The van der Waals surface area contributed by atoms with Crippen LogP contribution in [0.1, 0.15) is 20.8 Å². The molecule has 1 amide bonds. The fraction of sp³-hybridized carbons (Fsp3) is 0.222. The summed E-state index contributed by atoms with van der Waals surface area (Å²) in [6, 6.07) is 7.40. The van der Waals surface area contributed by atoms with Gasteiger partial charge in [0.1, 0.15) is 11.3 Å². The number of nitrogens with zero attached hydrogens (tertiary/aromatic N) is 2. The van der Waals surface area contributed by atoms with E-state index >= 15 is 0 Å². The van der Waals surface area contributed by atoms with Crippen LogP contribution in [-0.4, -0.2) is 22.6 Å². The van der Waals surface area contributed by atoms with Gasteiger partial charge in [-0.1, -0.05) is 17.7 Å². The SMILES string of the molecule is Cc1ccc(N(C)C(=O)c2c(O)c3c(C)scc3n(C)c2=O)cc1. The van der Waals surface area contributed by atoms with Gasteiger partial charge in [0.05, 0.1) is 10.9 Å². The van der Waals surface area contributed by atoms with E-state index in [0.29, 0.717) is 16.6 Å². The summed E-state index contributed by atoms with van der Waals surface area (Å²) in [5.41, 5.74) is 1.67. The molecule has 24 heavy (non-hydrogen) atoms. The maximum atomic E-state index is 12.9. The minimum Gasteiger partial charge on any atom is -0.506 e. The molecule has 2 heterocycles. The molecule has 124 valence electrons. The van der Waals surface area contributed by atoms with Crippen LogP contribution in [-0.2, 0) is 7.05 Å². The van der Waals surface area contributed by atoms with E-state index in [0.717, 1.165) is 10.4 Å². The lowest BCUT2D eigenvalue weighted by molar-refractivity contribution is 0.0988. The van der Waals surface area contributed by atoms with Crippen LogP contribution in [0.4, 0.5) is 5.69 Å². The van der Waals surface area contributed by atoms with Crippen LogP contribution in [0.15, 0.2) is 34.4 Å². The summed E-state index contributed by atoms with van der Waals surface area (Å²) in [4.78, 5) is 27.7. The molecule has 0 atom stereocenters. The fourth-order valence-corrected chi connectivity index (χ4v) is 3.61. The molecule has 0 radical (unpaired) electrons. The van der Waals surface area contributed by atoms with Crippen molar-refractivity contribution in [2.75, 3.05) is 11.9 Å². The standard InChI is InChI=1S/C18H18N2O3S/c1-10-5-7-12(8-6-10)19(3)17(22)15-16(21)14-11(2)24-9-13(14)20(4)18(15)23/h5-9,21H,1-4H3. The summed E-state index contributed by atoms with van der Waals surface area (Å²) in [5.74, 6) is -0.764. The molecule has 0 aliphatic carbocycles. The van der Waals surface area contributed by atoms with Crippen LogP contribution < -0.4 is 10.5 Å². The Labute approximate surface area is 143 Å². The van der Waals surface area contributed by atoms with Crippen LogP contribution in [0.3, 0.4) is 0 Å². The first-order chi connectivity index (χ1) is 11.3. The Kier molecular flexibility index (Phi) is 3.93. The normalized spacial score (nSPS) is 11.0. The average Bonchev–Trinajstić information content (AvgIpc) is 2.95. The average molecular weight is 342 g/mol. The van der Waals surface area contributed by atoms with Crippen molar-refractivity contribution in [2.24, 2.45) is 7.05 Å².